The average molecular weight is 465 g/mol. The summed E-state index contributed by atoms with van der Waals surface area (Å²) in [5.74, 6) is 0.671. The van der Waals surface area contributed by atoms with Crippen molar-refractivity contribution >= 4 is 38.6 Å². The topological polar surface area (TPSA) is 98.1 Å². The Hall–Kier alpha value is -3.10. The molecule has 33 heavy (non-hydrogen) atoms. The van der Waals surface area contributed by atoms with E-state index in [1.54, 1.807) is 18.2 Å². The van der Waals surface area contributed by atoms with Gasteiger partial charge < -0.3 is 14.6 Å². The maximum atomic E-state index is 13.2. The number of hydrogen-bond acceptors (Lipinski definition) is 8. The minimum absolute atomic E-state index is 0.0265. The molecular formula is C25H24N2O5S. The van der Waals surface area contributed by atoms with E-state index < -0.39 is 0 Å². The van der Waals surface area contributed by atoms with Crippen LogP contribution in [0.4, 0.5) is 5.69 Å². The van der Waals surface area contributed by atoms with Crippen molar-refractivity contribution in [3.05, 3.63) is 58.2 Å². The fourth-order valence-corrected chi connectivity index (χ4v) is 5.68. The van der Waals surface area contributed by atoms with Crippen LogP contribution in [0.15, 0.2) is 47.3 Å². The molecule has 1 aliphatic heterocycles. The zero-order chi connectivity index (χ0) is 23.0. The van der Waals surface area contributed by atoms with Crippen LogP contribution in [0, 0.1) is 10.3 Å². The molecule has 2 aromatic carbocycles. The highest BCUT2D eigenvalue weighted by molar-refractivity contribution is 7.20. The maximum absolute atomic E-state index is 13.2. The number of carbonyl (C=O) groups excluding carboxylic acids is 1. The summed E-state index contributed by atoms with van der Waals surface area (Å²) in [7, 11) is 0. The third-order valence-corrected chi connectivity index (χ3v) is 7.49. The number of aromatic nitrogens is 1. The number of ketones is 1. The second-order valence-electron chi connectivity index (χ2n) is 8.71. The monoisotopic (exact) mass is 464 g/mol. The van der Waals surface area contributed by atoms with Crippen molar-refractivity contribution in [3.63, 3.8) is 0 Å². The van der Waals surface area contributed by atoms with Crippen molar-refractivity contribution in [2.45, 2.75) is 39.0 Å². The van der Waals surface area contributed by atoms with Gasteiger partial charge in [-0.15, -0.1) is 4.91 Å². The summed E-state index contributed by atoms with van der Waals surface area (Å²) in [6.07, 6.45) is 3.23. The zero-order valence-corrected chi connectivity index (χ0v) is 19.1. The van der Waals surface area contributed by atoms with Crippen molar-refractivity contribution in [1.29, 1.82) is 0 Å². The predicted molar refractivity (Wildman–Crippen MR) is 127 cm³/mol. The highest BCUT2D eigenvalue weighted by Gasteiger charge is 2.41. The van der Waals surface area contributed by atoms with Crippen molar-refractivity contribution in [2.75, 3.05) is 13.2 Å². The SMILES string of the molecule is CCc1ccc(Oc2nc3ccc(N=O)cc3s2)cc1C1=C(O)CC2(CCOCC2)CC1=O. The number of hydrogen-bond donors (Lipinski definition) is 1. The highest BCUT2D eigenvalue weighted by atomic mass is 32.1. The van der Waals surface area contributed by atoms with Gasteiger partial charge in [-0.05, 0) is 71.3 Å². The normalized spacial score (nSPS) is 18.2. The van der Waals surface area contributed by atoms with Crippen LogP contribution < -0.4 is 4.74 Å². The van der Waals surface area contributed by atoms with Crippen LogP contribution in [-0.2, 0) is 16.0 Å². The van der Waals surface area contributed by atoms with Crippen LogP contribution in [0.5, 0.6) is 10.9 Å². The van der Waals surface area contributed by atoms with Gasteiger partial charge in [0.25, 0.3) is 5.19 Å². The standard InChI is InChI=1S/C25H24N2O5S/c1-2-15-3-5-17(32-24-26-19-6-4-16(27-30)11-22(19)33-24)12-18(15)23-20(28)13-25(14-21(23)29)7-9-31-10-8-25/h3-6,11-12,28H,2,7-10,13-14H2,1H3. The van der Waals surface area contributed by atoms with Crippen molar-refractivity contribution in [2.24, 2.45) is 10.6 Å². The van der Waals surface area contributed by atoms with Gasteiger partial charge in [0.2, 0.25) is 0 Å². The predicted octanol–water partition coefficient (Wildman–Crippen LogP) is 6.48. The van der Waals surface area contributed by atoms with Gasteiger partial charge in [0.05, 0.1) is 15.8 Å². The Bertz CT molecular complexity index is 1270. The van der Waals surface area contributed by atoms with Crippen LogP contribution in [0.3, 0.4) is 0 Å². The van der Waals surface area contributed by atoms with Crippen molar-refractivity contribution < 1.29 is 19.4 Å². The number of ether oxygens (including phenoxy) is 2. The molecule has 170 valence electrons. The molecular weight excluding hydrogens is 440 g/mol. The summed E-state index contributed by atoms with van der Waals surface area (Å²) in [6, 6.07) is 10.6. The van der Waals surface area contributed by atoms with E-state index in [2.05, 4.69) is 10.2 Å². The minimum Gasteiger partial charge on any atom is -0.512 e. The number of nitroso groups, excluding NO2 is 1. The first-order chi connectivity index (χ1) is 16.0. The minimum atomic E-state index is -0.195. The molecule has 0 saturated carbocycles. The molecule has 0 atom stereocenters. The lowest BCUT2D eigenvalue weighted by Crippen LogP contribution is -2.36. The van der Waals surface area contributed by atoms with E-state index in [-0.39, 0.29) is 17.0 Å². The first kappa shape index (κ1) is 21.7. The van der Waals surface area contributed by atoms with Crippen LogP contribution >= 0.6 is 11.3 Å². The number of aryl methyl sites for hydroxylation is 1. The van der Waals surface area contributed by atoms with Crippen LogP contribution in [-0.4, -0.2) is 29.1 Å². The summed E-state index contributed by atoms with van der Waals surface area (Å²) >= 11 is 1.32. The van der Waals surface area contributed by atoms with Gasteiger partial charge in [-0.25, -0.2) is 4.98 Å². The Morgan fingerprint density at radius 2 is 2.00 bits per heavy atom. The molecule has 1 aromatic heterocycles. The summed E-state index contributed by atoms with van der Waals surface area (Å²) < 4.78 is 12.3. The molecule has 1 aliphatic carbocycles. The largest absolute Gasteiger partial charge is 0.512 e. The molecule has 8 heteroatoms. The van der Waals surface area contributed by atoms with Gasteiger partial charge in [0.15, 0.2) is 5.78 Å². The van der Waals surface area contributed by atoms with Crippen LogP contribution in [0.1, 0.15) is 43.7 Å². The third-order valence-electron chi connectivity index (χ3n) is 6.59. The van der Waals surface area contributed by atoms with Gasteiger partial charge in [-0.1, -0.05) is 24.3 Å². The Morgan fingerprint density at radius 3 is 2.73 bits per heavy atom. The summed E-state index contributed by atoms with van der Waals surface area (Å²) in [4.78, 5) is 28.5. The molecule has 1 saturated heterocycles. The zero-order valence-electron chi connectivity index (χ0n) is 18.3. The van der Waals surface area contributed by atoms with E-state index in [0.29, 0.717) is 53.8 Å². The van der Waals surface area contributed by atoms with Crippen molar-refractivity contribution in [3.8, 4) is 10.9 Å². The number of thiazole rings is 1. The number of Topliss-reactive ketones (excluding diaryl/α,β-unsaturated/α-hetero) is 1. The Labute approximate surface area is 195 Å². The maximum Gasteiger partial charge on any atom is 0.279 e. The van der Waals surface area contributed by atoms with Gasteiger partial charge in [-0.2, -0.15) is 0 Å². The van der Waals surface area contributed by atoms with E-state index in [0.717, 1.165) is 35.0 Å². The Kier molecular flexibility index (Phi) is 5.72. The van der Waals surface area contributed by atoms with Gasteiger partial charge >= 0.3 is 0 Å². The molecule has 1 spiro atoms. The first-order valence-electron chi connectivity index (χ1n) is 11.1. The Morgan fingerprint density at radius 1 is 1.18 bits per heavy atom. The summed E-state index contributed by atoms with van der Waals surface area (Å²) in [5.41, 5.74) is 2.96. The molecule has 7 nitrogen and oxygen atoms in total. The average Bonchev–Trinajstić information content (AvgIpc) is 3.20. The Balaban J connectivity index is 1.48. The molecule has 0 bridgehead atoms. The molecule has 0 radical (unpaired) electrons. The van der Waals surface area contributed by atoms with Gasteiger partial charge in [0.1, 0.15) is 17.2 Å². The van der Waals surface area contributed by atoms with Crippen molar-refractivity contribution in [1.82, 2.24) is 4.98 Å². The lowest BCUT2D eigenvalue weighted by Gasteiger charge is -2.39. The summed E-state index contributed by atoms with van der Waals surface area (Å²) in [6.45, 7) is 3.29. The lowest BCUT2D eigenvalue weighted by atomic mass is 9.67. The van der Waals surface area contributed by atoms with Gasteiger partial charge in [0, 0.05) is 26.1 Å². The smallest absolute Gasteiger partial charge is 0.279 e. The fourth-order valence-electron chi connectivity index (χ4n) is 4.81. The fraction of sp³-hybridized carbons (Fsp3) is 0.360. The van der Waals surface area contributed by atoms with E-state index in [1.807, 2.05) is 25.1 Å². The first-order valence-corrected chi connectivity index (χ1v) is 11.9. The lowest BCUT2D eigenvalue weighted by molar-refractivity contribution is -0.118. The molecule has 3 aromatic rings. The molecule has 2 heterocycles. The number of benzene rings is 2. The number of rotatable bonds is 5. The third kappa shape index (κ3) is 4.16. The second kappa shape index (κ2) is 8.68. The second-order valence-corrected chi connectivity index (χ2v) is 9.70. The number of nitrogens with zero attached hydrogens (tertiary/aromatic N) is 2. The van der Waals surface area contributed by atoms with E-state index >= 15 is 0 Å². The number of fused-ring (bicyclic) bond motifs is 1. The number of allylic oxidation sites excluding steroid dienone is 2. The molecule has 0 amide bonds. The molecule has 1 N–H and O–H groups in total. The van der Waals surface area contributed by atoms with E-state index in [4.69, 9.17) is 9.47 Å². The van der Waals surface area contributed by atoms with Gasteiger partial charge in [-0.3, -0.25) is 4.79 Å². The number of carbonyl (C=O) groups is 1. The van der Waals surface area contributed by atoms with Crippen LogP contribution in [0.25, 0.3) is 15.8 Å². The molecule has 1 fully saturated rings. The molecule has 0 unspecified atom stereocenters. The quantitative estimate of drug-likeness (QED) is 0.434. The molecule has 2 aliphatic rings. The van der Waals surface area contributed by atoms with Crippen LogP contribution in [0.2, 0.25) is 0 Å². The highest BCUT2D eigenvalue weighted by Crippen LogP contribution is 2.47. The van der Waals surface area contributed by atoms with E-state index in [1.165, 1.54) is 11.3 Å². The summed E-state index contributed by atoms with van der Waals surface area (Å²) in [5, 5.41) is 14.4. The van der Waals surface area contributed by atoms with E-state index in [9.17, 15) is 14.8 Å². The number of aliphatic hydroxyl groups is 1. The number of aliphatic hydroxyl groups excluding tert-OH is 1. The molecule has 5 rings (SSSR count).